The van der Waals surface area contributed by atoms with Crippen LogP contribution in [0.15, 0.2) is 66.9 Å². The summed E-state index contributed by atoms with van der Waals surface area (Å²) in [6.07, 6.45) is 2.24. The third-order valence-corrected chi connectivity index (χ3v) is 4.12. The fourth-order valence-electron chi connectivity index (χ4n) is 2.84. The van der Waals surface area contributed by atoms with Gasteiger partial charge in [0.15, 0.2) is 0 Å². The van der Waals surface area contributed by atoms with E-state index in [9.17, 15) is 4.79 Å². The second kappa shape index (κ2) is 7.23. The standard InChI is InChI=1S/C20H17N3O3/c24-20(15-11-14-5-1-2-8-18(14)25-13-15)22-16-6-3-7-17(12-16)26-19-9-4-10-21-23-19/h1-10,12,15H,11,13H2,(H,22,24). The molecule has 26 heavy (non-hydrogen) atoms. The van der Waals surface area contributed by atoms with Crippen molar-refractivity contribution in [2.75, 3.05) is 11.9 Å². The lowest BCUT2D eigenvalue weighted by Gasteiger charge is -2.24. The Hall–Kier alpha value is -3.41. The summed E-state index contributed by atoms with van der Waals surface area (Å²) < 4.78 is 11.3. The first-order chi connectivity index (χ1) is 12.8. The van der Waals surface area contributed by atoms with Crippen molar-refractivity contribution in [2.45, 2.75) is 6.42 Å². The lowest BCUT2D eigenvalue weighted by molar-refractivity contribution is -0.121. The number of fused-ring (bicyclic) bond motifs is 1. The minimum atomic E-state index is -0.227. The topological polar surface area (TPSA) is 73.3 Å². The van der Waals surface area contributed by atoms with Crippen LogP contribution in [0, 0.1) is 5.92 Å². The van der Waals surface area contributed by atoms with Crippen LogP contribution >= 0.6 is 0 Å². The Kier molecular flexibility index (Phi) is 4.47. The summed E-state index contributed by atoms with van der Waals surface area (Å²) >= 11 is 0. The van der Waals surface area contributed by atoms with Gasteiger partial charge in [0.1, 0.15) is 18.1 Å². The number of anilines is 1. The van der Waals surface area contributed by atoms with E-state index in [4.69, 9.17) is 9.47 Å². The van der Waals surface area contributed by atoms with Gasteiger partial charge < -0.3 is 14.8 Å². The predicted octanol–water partition coefficient (Wildman–Crippen LogP) is 3.46. The van der Waals surface area contributed by atoms with Crippen LogP contribution in [0.25, 0.3) is 0 Å². The first-order valence-electron chi connectivity index (χ1n) is 8.35. The molecule has 6 heteroatoms. The number of carbonyl (C=O) groups excluding carboxylic acids is 1. The molecule has 0 saturated heterocycles. The van der Waals surface area contributed by atoms with Gasteiger partial charge >= 0.3 is 0 Å². The van der Waals surface area contributed by atoms with Gasteiger partial charge in [0, 0.05) is 24.0 Å². The number of nitrogens with one attached hydrogen (secondary N) is 1. The number of ether oxygens (including phenoxy) is 2. The smallest absolute Gasteiger partial charge is 0.238 e. The molecular weight excluding hydrogens is 330 g/mol. The summed E-state index contributed by atoms with van der Waals surface area (Å²) in [5.41, 5.74) is 1.72. The number of amides is 1. The van der Waals surface area contributed by atoms with Crippen LogP contribution in [0.1, 0.15) is 5.56 Å². The molecule has 0 bridgehead atoms. The summed E-state index contributed by atoms with van der Waals surface area (Å²) in [7, 11) is 0. The molecule has 2 aromatic carbocycles. The maximum Gasteiger partial charge on any atom is 0.238 e. The van der Waals surface area contributed by atoms with Gasteiger partial charge in [0.05, 0.1) is 5.92 Å². The zero-order valence-electron chi connectivity index (χ0n) is 14.0. The number of aromatic nitrogens is 2. The van der Waals surface area contributed by atoms with Gasteiger partial charge in [-0.15, -0.1) is 5.10 Å². The second-order valence-electron chi connectivity index (χ2n) is 6.00. The lowest BCUT2D eigenvalue weighted by Crippen LogP contribution is -2.32. The summed E-state index contributed by atoms with van der Waals surface area (Å²) in [4.78, 5) is 12.6. The van der Waals surface area contributed by atoms with Gasteiger partial charge in [-0.2, -0.15) is 5.10 Å². The van der Waals surface area contributed by atoms with E-state index < -0.39 is 0 Å². The third kappa shape index (κ3) is 3.64. The van der Waals surface area contributed by atoms with Crippen LogP contribution in [0.5, 0.6) is 17.4 Å². The Morgan fingerprint density at radius 2 is 2.04 bits per heavy atom. The van der Waals surface area contributed by atoms with Crippen LogP contribution < -0.4 is 14.8 Å². The van der Waals surface area contributed by atoms with Gasteiger partial charge in [0.2, 0.25) is 11.8 Å². The number of nitrogens with zero attached hydrogens (tertiary/aromatic N) is 2. The summed E-state index contributed by atoms with van der Waals surface area (Å²) in [6, 6.07) is 18.4. The highest BCUT2D eigenvalue weighted by atomic mass is 16.5. The number of carbonyl (C=O) groups is 1. The number of hydrogen-bond donors (Lipinski definition) is 1. The average molecular weight is 347 g/mol. The van der Waals surface area contributed by atoms with E-state index in [1.54, 1.807) is 30.5 Å². The molecule has 0 saturated carbocycles. The van der Waals surface area contributed by atoms with E-state index in [1.807, 2.05) is 36.4 Å². The number of hydrogen-bond acceptors (Lipinski definition) is 5. The van der Waals surface area contributed by atoms with Crippen molar-refractivity contribution in [1.29, 1.82) is 0 Å². The molecule has 1 aliphatic heterocycles. The molecule has 1 aliphatic rings. The fraction of sp³-hybridized carbons (Fsp3) is 0.150. The first-order valence-corrected chi connectivity index (χ1v) is 8.35. The molecule has 1 amide bonds. The highest BCUT2D eigenvalue weighted by Gasteiger charge is 2.25. The van der Waals surface area contributed by atoms with E-state index in [-0.39, 0.29) is 11.8 Å². The first kappa shape index (κ1) is 16.1. The molecule has 1 unspecified atom stereocenters. The van der Waals surface area contributed by atoms with Gasteiger partial charge in [-0.3, -0.25) is 4.79 Å². The van der Waals surface area contributed by atoms with Crippen molar-refractivity contribution in [3.63, 3.8) is 0 Å². The second-order valence-corrected chi connectivity index (χ2v) is 6.00. The van der Waals surface area contributed by atoms with E-state index >= 15 is 0 Å². The van der Waals surface area contributed by atoms with Gasteiger partial charge in [-0.1, -0.05) is 24.3 Å². The van der Waals surface area contributed by atoms with Crippen LogP contribution in [0.4, 0.5) is 5.69 Å². The van der Waals surface area contributed by atoms with Crippen LogP contribution in [0.3, 0.4) is 0 Å². The van der Waals surface area contributed by atoms with E-state index in [2.05, 4.69) is 15.5 Å². The molecule has 130 valence electrons. The molecule has 0 spiro atoms. The molecule has 4 rings (SSSR count). The largest absolute Gasteiger partial charge is 0.492 e. The van der Waals surface area contributed by atoms with Crippen molar-refractivity contribution in [1.82, 2.24) is 10.2 Å². The number of rotatable bonds is 4. The minimum absolute atomic E-state index is 0.0730. The fourth-order valence-corrected chi connectivity index (χ4v) is 2.84. The highest BCUT2D eigenvalue weighted by molar-refractivity contribution is 5.93. The Morgan fingerprint density at radius 1 is 1.12 bits per heavy atom. The van der Waals surface area contributed by atoms with Crippen LogP contribution in [-0.4, -0.2) is 22.7 Å². The predicted molar refractivity (Wildman–Crippen MR) is 96.3 cm³/mol. The summed E-state index contributed by atoms with van der Waals surface area (Å²) in [5.74, 6) is 1.53. The molecule has 1 aromatic heterocycles. The highest BCUT2D eigenvalue weighted by Crippen LogP contribution is 2.28. The lowest BCUT2D eigenvalue weighted by atomic mass is 9.96. The van der Waals surface area contributed by atoms with E-state index in [1.165, 1.54) is 0 Å². The Morgan fingerprint density at radius 3 is 2.92 bits per heavy atom. The van der Waals surface area contributed by atoms with Gasteiger partial charge in [0.25, 0.3) is 0 Å². The maximum atomic E-state index is 12.6. The normalized spacial score (nSPS) is 15.5. The Balaban J connectivity index is 1.43. The number of para-hydroxylation sites is 1. The number of benzene rings is 2. The van der Waals surface area contributed by atoms with Crippen LogP contribution in [-0.2, 0) is 11.2 Å². The molecule has 0 radical (unpaired) electrons. The van der Waals surface area contributed by atoms with Crippen molar-refractivity contribution in [3.05, 3.63) is 72.4 Å². The van der Waals surface area contributed by atoms with Crippen molar-refractivity contribution < 1.29 is 14.3 Å². The van der Waals surface area contributed by atoms with Crippen LogP contribution in [0.2, 0.25) is 0 Å². The molecule has 2 heterocycles. The minimum Gasteiger partial charge on any atom is -0.492 e. The molecule has 3 aromatic rings. The third-order valence-electron chi connectivity index (χ3n) is 4.12. The molecule has 1 N–H and O–H groups in total. The average Bonchev–Trinajstić information content (AvgIpc) is 2.68. The Labute approximate surface area is 150 Å². The molecule has 0 fully saturated rings. The molecule has 1 atom stereocenters. The molecular formula is C20H17N3O3. The SMILES string of the molecule is O=C(Nc1cccc(Oc2cccnn2)c1)C1COc2ccccc2C1. The van der Waals surface area contributed by atoms with Gasteiger partial charge in [-0.05, 0) is 36.2 Å². The molecule has 6 nitrogen and oxygen atoms in total. The maximum absolute atomic E-state index is 12.6. The monoisotopic (exact) mass is 347 g/mol. The zero-order chi connectivity index (χ0) is 17.8. The quantitative estimate of drug-likeness (QED) is 0.782. The summed E-state index contributed by atoms with van der Waals surface area (Å²) in [6.45, 7) is 0.374. The molecule has 0 aliphatic carbocycles. The van der Waals surface area contributed by atoms with E-state index in [0.717, 1.165) is 11.3 Å². The van der Waals surface area contributed by atoms with Crippen molar-refractivity contribution in [2.24, 2.45) is 5.92 Å². The van der Waals surface area contributed by atoms with Crippen molar-refractivity contribution >= 4 is 11.6 Å². The van der Waals surface area contributed by atoms with Gasteiger partial charge in [-0.25, -0.2) is 0 Å². The van der Waals surface area contributed by atoms with Crippen molar-refractivity contribution in [3.8, 4) is 17.4 Å². The van der Waals surface area contributed by atoms with E-state index in [0.29, 0.717) is 30.3 Å². The summed E-state index contributed by atoms with van der Waals surface area (Å²) in [5, 5.41) is 10.6. The zero-order valence-corrected chi connectivity index (χ0v) is 14.0. The Bertz CT molecular complexity index is 915.